The lowest BCUT2D eigenvalue weighted by atomic mass is 10.2. The van der Waals surface area contributed by atoms with E-state index in [-0.39, 0.29) is 0 Å². The standard InChI is InChI=1S/C19H20ClN7/c1-12-10-18(27-19(24-12)25-13(2)26-27)23-8-3-7-21-16-6-9-22-17-11-14(20)4-5-15(16)17/h4-6,9-11,23H,3,7-8H2,1-2H3,(H,21,22). The van der Waals surface area contributed by atoms with Gasteiger partial charge < -0.3 is 10.6 Å². The molecule has 0 radical (unpaired) electrons. The summed E-state index contributed by atoms with van der Waals surface area (Å²) in [6.45, 7) is 5.46. The maximum Gasteiger partial charge on any atom is 0.254 e. The summed E-state index contributed by atoms with van der Waals surface area (Å²) in [5.74, 6) is 2.24. The molecule has 8 heteroatoms. The number of anilines is 2. The van der Waals surface area contributed by atoms with Crippen molar-refractivity contribution < 1.29 is 0 Å². The molecule has 0 saturated carbocycles. The molecule has 27 heavy (non-hydrogen) atoms. The number of fused-ring (bicyclic) bond motifs is 2. The van der Waals surface area contributed by atoms with E-state index in [0.29, 0.717) is 16.6 Å². The lowest BCUT2D eigenvalue weighted by molar-refractivity contribution is 0.865. The quantitative estimate of drug-likeness (QED) is 0.494. The Morgan fingerprint density at radius 3 is 2.78 bits per heavy atom. The van der Waals surface area contributed by atoms with Gasteiger partial charge in [0.25, 0.3) is 5.78 Å². The van der Waals surface area contributed by atoms with Gasteiger partial charge in [-0.25, -0.2) is 4.98 Å². The number of benzene rings is 1. The highest BCUT2D eigenvalue weighted by Crippen LogP contribution is 2.24. The van der Waals surface area contributed by atoms with E-state index in [4.69, 9.17) is 11.6 Å². The maximum absolute atomic E-state index is 6.04. The first kappa shape index (κ1) is 17.5. The van der Waals surface area contributed by atoms with Crippen LogP contribution in [0.25, 0.3) is 16.7 Å². The number of nitrogens with zero attached hydrogens (tertiary/aromatic N) is 5. The Morgan fingerprint density at radius 1 is 1.04 bits per heavy atom. The SMILES string of the molecule is Cc1cc(NCCCNc2ccnc3cc(Cl)ccc23)n2nc(C)nc2n1. The number of aromatic nitrogens is 5. The number of hydrogen-bond acceptors (Lipinski definition) is 6. The molecule has 3 aromatic heterocycles. The summed E-state index contributed by atoms with van der Waals surface area (Å²) in [4.78, 5) is 13.1. The number of pyridine rings is 1. The van der Waals surface area contributed by atoms with Gasteiger partial charge in [-0.3, -0.25) is 4.98 Å². The summed E-state index contributed by atoms with van der Waals surface area (Å²) in [7, 11) is 0. The highest BCUT2D eigenvalue weighted by Gasteiger charge is 2.07. The van der Waals surface area contributed by atoms with Gasteiger partial charge in [-0.05, 0) is 44.5 Å². The van der Waals surface area contributed by atoms with E-state index in [1.54, 1.807) is 10.7 Å². The smallest absolute Gasteiger partial charge is 0.254 e. The van der Waals surface area contributed by atoms with E-state index in [1.807, 2.05) is 44.2 Å². The minimum absolute atomic E-state index is 0.620. The van der Waals surface area contributed by atoms with Crippen LogP contribution < -0.4 is 10.6 Å². The lowest BCUT2D eigenvalue weighted by Crippen LogP contribution is -2.12. The molecule has 0 atom stereocenters. The van der Waals surface area contributed by atoms with E-state index in [2.05, 4.69) is 30.7 Å². The molecule has 3 heterocycles. The van der Waals surface area contributed by atoms with Gasteiger partial charge in [0.05, 0.1) is 5.52 Å². The first-order chi connectivity index (χ1) is 13.1. The molecule has 0 saturated heterocycles. The number of halogens is 1. The van der Waals surface area contributed by atoms with Gasteiger partial charge >= 0.3 is 0 Å². The number of aryl methyl sites for hydroxylation is 2. The normalized spacial score (nSPS) is 11.2. The zero-order chi connectivity index (χ0) is 18.8. The van der Waals surface area contributed by atoms with Gasteiger partial charge in [-0.1, -0.05) is 11.6 Å². The van der Waals surface area contributed by atoms with Gasteiger partial charge in [0.2, 0.25) is 0 Å². The molecular formula is C19H20ClN7. The highest BCUT2D eigenvalue weighted by atomic mass is 35.5. The van der Waals surface area contributed by atoms with Crippen molar-refractivity contribution in [1.29, 1.82) is 0 Å². The van der Waals surface area contributed by atoms with E-state index in [9.17, 15) is 0 Å². The average Bonchev–Trinajstić information content (AvgIpc) is 3.01. The summed E-state index contributed by atoms with van der Waals surface area (Å²) in [5.41, 5.74) is 2.87. The van der Waals surface area contributed by atoms with Gasteiger partial charge in [0.15, 0.2) is 0 Å². The summed E-state index contributed by atoms with van der Waals surface area (Å²) in [6, 6.07) is 9.72. The summed E-state index contributed by atoms with van der Waals surface area (Å²) in [5, 5.41) is 13.1. The number of nitrogens with one attached hydrogen (secondary N) is 2. The second-order valence-electron chi connectivity index (χ2n) is 6.38. The summed E-state index contributed by atoms with van der Waals surface area (Å²) in [6.07, 6.45) is 2.73. The van der Waals surface area contributed by atoms with Crippen molar-refractivity contribution in [3.05, 3.63) is 53.1 Å². The van der Waals surface area contributed by atoms with Gasteiger partial charge in [0, 0.05) is 47.1 Å². The highest BCUT2D eigenvalue weighted by molar-refractivity contribution is 6.31. The van der Waals surface area contributed by atoms with Crippen molar-refractivity contribution >= 4 is 39.8 Å². The van der Waals surface area contributed by atoms with Crippen LogP contribution in [-0.2, 0) is 0 Å². The van der Waals surface area contributed by atoms with Gasteiger partial charge in [-0.15, -0.1) is 5.10 Å². The van der Waals surface area contributed by atoms with E-state index < -0.39 is 0 Å². The zero-order valence-electron chi connectivity index (χ0n) is 15.2. The molecule has 7 nitrogen and oxygen atoms in total. The van der Waals surface area contributed by atoms with Crippen molar-refractivity contribution in [3.63, 3.8) is 0 Å². The summed E-state index contributed by atoms with van der Waals surface area (Å²) < 4.78 is 1.75. The Labute approximate surface area is 161 Å². The molecule has 0 amide bonds. The van der Waals surface area contributed by atoms with Crippen molar-refractivity contribution in [2.24, 2.45) is 0 Å². The fraction of sp³-hybridized carbons (Fsp3) is 0.263. The van der Waals surface area contributed by atoms with Crippen LogP contribution >= 0.6 is 11.6 Å². The Kier molecular flexibility index (Phi) is 4.77. The average molecular weight is 382 g/mol. The van der Waals surface area contributed by atoms with Crippen molar-refractivity contribution in [2.75, 3.05) is 23.7 Å². The van der Waals surface area contributed by atoms with E-state index >= 15 is 0 Å². The minimum atomic E-state index is 0.620. The third-order valence-corrected chi connectivity index (χ3v) is 4.46. The largest absolute Gasteiger partial charge is 0.384 e. The van der Waals surface area contributed by atoms with Crippen LogP contribution in [0.15, 0.2) is 36.5 Å². The summed E-state index contributed by atoms with van der Waals surface area (Å²) >= 11 is 6.04. The zero-order valence-corrected chi connectivity index (χ0v) is 16.0. The Hall–Kier alpha value is -2.93. The first-order valence-corrected chi connectivity index (χ1v) is 9.21. The predicted octanol–water partition coefficient (Wildman–Crippen LogP) is 3.86. The van der Waals surface area contributed by atoms with E-state index in [0.717, 1.165) is 47.6 Å². The maximum atomic E-state index is 6.04. The second kappa shape index (κ2) is 7.36. The number of hydrogen-bond donors (Lipinski definition) is 2. The molecule has 0 aliphatic heterocycles. The van der Waals surface area contributed by atoms with Crippen molar-refractivity contribution in [2.45, 2.75) is 20.3 Å². The Balaban J connectivity index is 1.38. The van der Waals surface area contributed by atoms with Crippen LogP contribution in [0.1, 0.15) is 17.9 Å². The van der Waals surface area contributed by atoms with Gasteiger partial charge in [0.1, 0.15) is 11.6 Å². The molecule has 4 rings (SSSR count). The van der Waals surface area contributed by atoms with Crippen LogP contribution in [0.3, 0.4) is 0 Å². The van der Waals surface area contributed by atoms with Crippen LogP contribution in [0, 0.1) is 13.8 Å². The minimum Gasteiger partial charge on any atom is -0.384 e. The molecule has 1 aromatic carbocycles. The van der Waals surface area contributed by atoms with Crippen LogP contribution in [0.2, 0.25) is 5.02 Å². The van der Waals surface area contributed by atoms with E-state index in [1.165, 1.54) is 0 Å². The molecule has 0 bridgehead atoms. The van der Waals surface area contributed by atoms with Crippen molar-refractivity contribution in [1.82, 2.24) is 24.6 Å². The third kappa shape index (κ3) is 3.78. The molecule has 0 unspecified atom stereocenters. The first-order valence-electron chi connectivity index (χ1n) is 8.83. The van der Waals surface area contributed by atoms with Crippen LogP contribution in [-0.4, -0.2) is 37.7 Å². The number of rotatable bonds is 6. The predicted molar refractivity (Wildman–Crippen MR) is 109 cm³/mol. The van der Waals surface area contributed by atoms with Gasteiger partial charge in [-0.2, -0.15) is 9.50 Å². The Bertz CT molecular complexity index is 1110. The van der Waals surface area contributed by atoms with Crippen LogP contribution in [0.5, 0.6) is 0 Å². The molecule has 0 aliphatic rings. The van der Waals surface area contributed by atoms with Crippen LogP contribution in [0.4, 0.5) is 11.5 Å². The van der Waals surface area contributed by atoms with Crippen molar-refractivity contribution in [3.8, 4) is 0 Å². The second-order valence-corrected chi connectivity index (χ2v) is 6.82. The topological polar surface area (TPSA) is 80.0 Å². The third-order valence-electron chi connectivity index (χ3n) is 4.23. The lowest BCUT2D eigenvalue weighted by Gasteiger charge is -2.11. The molecule has 0 fully saturated rings. The molecule has 138 valence electrons. The molecule has 2 N–H and O–H groups in total. The molecule has 0 aliphatic carbocycles. The monoisotopic (exact) mass is 381 g/mol. The Morgan fingerprint density at radius 2 is 1.89 bits per heavy atom. The molecule has 0 spiro atoms. The fourth-order valence-electron chi connectivity index (χ4n) is 3.02. The fourth-order valence-corrected chi connectivity index (χ4v) is 3.18. The molecule has 4 aromatic rings. The molecular weight excluding hydrogens is 362 g/mol.